The minimum Gasteiger partial charge on any atom is -0.468 e. The highest BCUT2D eigenvalue weighted by Gasteiger charge is 2.09. The first-order valence-electron chi connectivity index (χ1n) is 3.93. The van der Waals surface area contributed by atoms with E-state index in [1.54, 1.807) is 0 Å². The van der Waals surface area contributed by atoms with Gasteiger partial charge in [-0.25, -0.2) is 4.98 Å². The molecule has 1 aromatic heterocycles. The average molecular weight is 243 g/mol. The van der Waals surface area contributed by atoms with E-state index in [1.165, 1.54) is 19.4 Å². The van der Waals surface area contributed by atoms with Gasteiger partial charge in [0.25, 0.3) is 0 Å². The van der Waals surface area contributed by atoms with Gasteiger partial charge < -0.3 is 4.74 Å². The molecule has 0 aliphatic carbocycles. The van der Waals surface area contributed by atoms with Crippen molar-refractivity contribution < 1.29 is 9.53 Å². The Kier molecular flexibility index (Phi) is 4.40. The maximum atomic E-state index is 10.9. The summed E-state index contributed by atoms with van der Waals surface area (Å²) in [5.74, 6) is -0.238. The summed E-state index contributed by atoms with van der Waals surface area (Å²) >= 11 is 7.02. The summed E-state index contributed by atoms with van der Waals surface area (Å²) < 4.78 is 4.47. The van der Waals surface area contributed by atoms with E-state index < -0.39 is 0 Å². The van der Waals surface area contributed by atoms with Gasteiger partial charge in [-0.3, -0.25) is 4.79 Å². The molecule has 15 heavy (non-hydrogen) atoms. The van der Waals surface area contributed by atoms with Crippen molar-refractivity contribution >= 4 is 29.3 Å². The third-order valence-corrected chi connectivity index (χ3v) is 2.99. The highest BCUT2D eigenvalue weighted by atomic mass is 35.5. The molecule has 4 nitrogen and oxygen atoms in total. The molecule has 0 radical (unpaired) electrons. The number of aromatic nitrogens is 1. The predicted octanol–water partition coefficient (Wildman–Crippen LogP) is 1.87. The second-order valence-electron chi connectivity index (χ2n) is 2.45. The Hall–Kier alpha value is -1.25. The van der Waals surface area contributed by atoms with Crippen molar-refractivity contribution in [1.82, 2.24) is 4.98 Å². The van der Waals surface area contributed by atoms with Gasteiger partial charge in [-0.05, 0) is 6.07 Å². The van der Waals surface area contributed by atoms with Crippen LogP contribution in [0, 0.1) is 11.3 Å². The standard InChI is InChI=1S/C9H7ClN2O2S/c1-14-7(13)5-15-9-8(10)6(4-11)2-3-12-9/h2-3H,5H2,1H3. The number of nitrogens with zero attached hydrogens (tertiary/aromatic N) is 2. The van der Waals surface area contributed by atoms with Crippen molar-refractivity contribution in [1.29, 1.82) is 5.26 Å². The van der Waals surface area contributed by atoms with E-state index in [0.29, 0.717) is 10.6 Å². The summed E-state index contributed by atoms with van der Waals surface area (Å²) in [7, 11) is 1.31. The van der Waals surface area contributed by atoms with Crippen molar-refractivity contribution in [2.75, 3.05) is 12.9 Å². The van der Waals surface area contributed by atoms with Crippen LogP contribution in [0.5, 0.6) is 0 Å². The van der Waals surface area contributed by atoms with Crippen molar-refractivity contribution in [2.45, 2.75) is 5.03 Å². The number of ether oxygens (including phenoxy) is 1. The minimum atomic E-state index is -0.361. The number of thioether (sulfide) groups is 1. The average Bonchev–Trinajstić information content (AvgIpc) is 2.27. The summed E-state index contributed by atoms with van der Waals surface area (Å²) in [5.41, 5.74) is 0.346. The normalized spacial score (nSPS) is 9.40. The highest BCUT2D eigenvalue weighted by Crippen LogP contribution is 2.27. The molecule has 0 N–H and O–H groups in total. The monoisotopic (exact) mass is 242 g/mol. The maximum Gasteiger partial charge on any atom is 0.316 e. The largest absolute Gasteiger partial charge is 0.468 e. The molecular weight excluding hydrogens is 236 g/mol. The Morgan fingerprint density at radius 2 is 2.53 bits per heavy atom. The summed E-state index contributed by atoms with van der Waals surface area (Å²) in [6.45, 7) is 0. The van der Waals surface area contributed by atoms with Gasteiger partial charge in [0.05, 0.1) is 23.4 Å². The molecule has 0 aliphatic rings. The number of esters is 1. The molecule has 0 fully saturated rings. The molecule has 0 aromatic carbocycles. The van der Waals surface area contributed by atoms with Crippen LogP contribution in [-0.2, 0) is 9.53 Å². The number of carbonyl (C=O) groups is 1. The van der Waals surface area contributed by atoms with E-state index in [0.717, 1.165) is 11.8 Å². The van der Waals surface area contributed by atoms with Gasteiger partial charge in [0.1, 0.15) is 11.1 Å². The van der Waals surface area contributed by atoms with Crippen LogP contribution in [0.3, 0.4) is 0 Å². The van der Waals surface area contributed by atoms with Crippen molar-refractivity contribution in [3.05, 3.63) is 22.8 Å². The topological polar surface area (TPSA) is 63.0 Å². The van der Waals surface area contributed by atoms with Gasteiger partial charge in [-0.2, -0.15) is 5.26 Å². The van der Waals surface area contributed by atoms with E-state index >= 15 is 0 Å². The molecule has 78 valence electrons. The number of rotatable bonds is 3. The molecule has 0 unspecified atom stereocenters. The van der Waals surface area contributed by atoms with Crippen molar-refractivity contribution in [3.8, 4) is 6.07 Å². The first-order valence-corrected chi connectivity index (χ1v) is 5.29. The van der Waals surface area contributed by atoms with E-state index in [2.05, 4.69) is 9.72 Å². The molecule has 0 saturated carbocycles. The van der Waals surface area contributed by atoms with Crippen LogP contribution >= 0.6 is 23.4 Å². The fraction of sp³-hybridized carbons (Fsp3) is 0.222. The maximum absolute atomic E-state index is 10.9. The fourth-order valence-corrected chi connectivity index (χ4v) is 1.86. The fourth-order valence-electron chi connectivity index (χ4n) is 0.798. The molecule has 6 heteroatoms. The summed E-state index contributed by atoms with van der Waals surface area (Å²) in [6, 6.07) is 3.45. The van der Waals surface area contributed by atoms with Gasteiger partial charge in [0, 0.05) is 6.20 Å². The van der Waals surface area contributed by atoms with Crippen molar-refractivity contribution in [2.24, 2.45) is 0 Å². The van der Waals surface area contributed by atoms with Crippen LogP contribution in [0.2, 0.25) is 5.02 Å². The Balaban J connectivity index is 2.78. The van der Waals surface area contributed by atoms with Crippen LogP contribution in [0.15, 0.2) is 17.3 Å². The minimum absolute atomic E-state index is 0.123. The summed E-state index contributed by atoms with van der Waals surface area (Å²) in [6.07, 6.45) is 1.48. The number of halogens is 1. The molecule has 0 spiro atoms. The quantitative estimate of drug-likeness (QED) is 0.598. The van der Waals surface area contributed by atoms with Gasteiger partial charge in [-0.1, -0.05) is 23.4 Å². The number of nitriles is 1. The molecule has 1 rings (SSSR count). The van der Waals surface area contributed by atoms with E-state index in [1.807, 2.05) is 6.07 Å². The summed E-state index contributed by atoms with van der Waals surface area (Å²) in [5, 5.41) is 9.43. The van der Waals surface area contributed by atoms with E-state index in [4.69, 9.17) is 16.9 Å². The molecule has 0 bridgehead atoms. The number of carbonyl (C=O) groups excluding carboxylic acids is 1. The van der Waals surface area contributed by atoms with Crippen LogP contribution in [-0.4, -0.2) is 23.8 Å². The number of methoxy groups -OCH3 is 1. The zero-order chi connectivity index (χ0) is 11.3. The molecule has 0 aliphatic heterocycles. The van der Waals surface area contributed by atoms with Gasteiger partial charge in [0.15, 0.2) is 0 Å². The smallest absolute Gasteiger partial charge is 0.316 e. The Labute approximate surface area is 96.2 Å². The molecule has 0 atom stereocenters. The van der Waals surface area contributed by atoms with Crippen LogP contribution in [0.25, 0.3) is 0 Å². The van der Waals surface area contributed by atoms with Gasteiger partial charge in [-0.15, -0.1) is 0 Å². The van der Waals surface area contributed by atoms with Crippen LogP contribution in [0.1, 0.15) is 5.56 Å². The second-order valence-corrected chi connectivity index (χ2v) is 3.80. The number of hydrogen-bond donors (Lipinski definition) is 0. The van der Waals surface area contributed by atoms with Crippen LogP contribution in [0.4, 0.5) is 0 Å². The Bertz CT molecular complexity index is 417. The lowest BCUT2D eigenvalue weighted by atomic mass is 10.3. The molecule has 1 aromatic rings. The molecule has 0 amide bonds. The van der Waals surface area contributed by atoms with E-state index in [-0.39, 0.29) is 16.7 Å². The number of hydrogen-bond acceptors (Lipinski definition) is 5. The first kappa shape index (κ1) is 11.8. The second kappa shape index (κ2) is 5.59. The highest BCUT2D eigenvalue weighted by molar-refractivity contribution is 8.00. The lowest BCUT2D eigenvalue weighted by Gasteiger charge is -2.02. The zero-order valence-corrected chi connectivity index (χ0v) is 9.43. The molecule has 1 heterocycles. The molecule has 0 saturated heterocycles. The SMILES string of the molecule is COC(=O)CSc1nccc(C#N)c1Cl. The lowest BCUT2D eigenvalue weighted by Crippen LogP contribution is -2.03. The first-order chi connectivity index (χ1) is 7.19. The number of pyridine rings is 1. The Morgan fingerprint density at radius 3 is 3.13 bits per heavy atom. The molecular formula is C9H7ClN2O2S. The Morgan fingerprint density at radius 1 is 1.80 bits per heavy atom. The lowest BCUT2D eigenvalue weighted by molar-refractivity contribution is -0.137. The summed E-state index contributed by atoms with van der Waals surface area (Å²) in [4.78, 5) is 14.8. The zero-order valence-electron chi connectivity index (χ0n) is 7.86. The van der Waals surface area contributed by atoms with Gasteiger partial charge in [0.2, 0.25) is 0 Å². The van der Waals surface area contributed by atoms with Crippen LogP contribution < -0.4 is 0 Å². The van der Waals surface area contributed by atoms with Gasteiger partial charge >= 0.3 is 5.97 Å². The van der Waals surface area contributed by atoms with E-state index in [9.17, 15) is 4.79 Å². The third-order valence-electron chi connectivity index (χ3n) is 1.53. The predicted molar refractivity (Wildman–Crippen MR) is 56.7 cm³/mol. The van der Waals surface area contributed by atoms with Crippen molar-refractivity contribution in [3.63, 3.8) is 0 Å². The third kappa shape index (κ3) is 3.11.